The van der Waals surface area contributed by atoms with Crippen LogP contribution in [0.15, 0.2) is 39.6 Å². The Morgan fingerprint density at radius 3 is 2.84 bits per heavy atom. The summed E-state index contributed by atoms with van der Waals surface area (Å²) in [5, 5.41) is 12.4. The molecule has 2 N–H and O–H groups in total. The van der Waals surface area contributed by atoms with E-state index in [9.17, 15) is 9.59 Å². The summed E-state index contributed by atoms with van der Waals surface area (Å²) < 4.78 is 9.71. The zero-order valence-electron chi connectivity index (χ0n) is 13.2. The van der Waals surface area contributed by atoms with Gasteiger partial charge in [0.25, 0.3) is 0 Å². The van der Waals surface area contributed by atoms with E-state index in [2.05, 4.69) is 30.9 Å². The summed E-state index contributed by atoms with van der Waals surface area (Å²) in [6.07, 6.45) is 3.11. The second kappa shape index (κ2) is 7.34. The number of aryl methyl sites for hydroxylation is 1. The topological polar surface area (TPSA) is 136 Å². The first-order valence-corrected chi connectivity index (χ1v) is 7.33. The Balaban J connectivity index is 1.52. The maximum Gasteiger partial charge on any atom is 0.315 e. The molecule has 0 bridgehead atoms. The first-order valence-electron chi connectivity index (χ1n) is 7.33. The molecule has 0 fully saturated rings. The quantitative estimate of drug-likeness (QED) is 0.673. The average Bonchev–Trinajstić information content (AvgIpc) is 3.22. The van der Waals surface area contributed by atoms with Gasteiger partial charge in [-0.15, -0.1) is 0 Å². The van der Waals surface area contributed by atoms with Crippen molar-refractivity contribution in [3.8, 4) is 0 Å². The predicted molar refractivity (Wildman–Crippen MR) is 83.3 cm³/mol. The molecule has 10 heteroatoms. The van der Waals surface area contributed by atoms with Crippen molar-refractivity contribution in [3.05, 3.63) is 53.6 Å². The minimum atomic E-state index is -0.532. The van der Waals surface area contributed by atoms with Crippen molar-refractivity contribution < 1.29 is 18.6 Å². The Morgan fingerprint density at radius 2 is 2.12 bits per heavy atom. The number of aromatic nitrogens is 4. The number of carbonyl (C=O) groups excluding carboxylic acids is 2. The Morgan fingerprint density at radius 1 is 1.24 bits per heavy atom. The van der Waals surface area contributed by atoms with Gasteiger partial charge in [0.1, 0.15) is 5.76 Å². The van der Waals surface area contributed by atoms with Crippen LogP contribution in [0.1, 0.15) is 27.8 Å². The Labute approximate surface area is 141 Å². The van der Waals surface area contributed by atoms with Crippen molar-refractivity contribution in [2.24, 2.45) is 0 Å². The zero-order valence-corrected chi connectivity index (χ0v) is 13.2. The number of rotatable bonds is 6. The van der Waals surface area contributed by atoms with E-state index in [0.29, 0.717) is 11.6 Å². The summed E-state index contributed by atoms with van der Waals surface area (Å²) in [5.74, 6) is -0.206. The zero-order chi connectivity index (χ0) is 17.6. The highest BCUT2D eigenvalue weighted by Crippen LogP contribution is 2.08. The number of hydrogen-bond donors (Lipinski definition) is 2. The molecule has 0 radical (unpaired) electrons. The first kappa shape index (κ1) is 16.3. The van der Waals surface area contributed by atoms with E-state index in [-0.39, 0.29) is 24.7 Å². The molecular formula is C15H14N6O4. The van der Waals surface area contributed by atoms with Crippen LogP contribution in [-0.2, 0) is 17.8 Å². The van der Waals surface area contributed by atoms with E-state index < -0.39 is 11.8 Å². The molecule has 0 aliphatic rings. The fourth-order valence-electron chi connectivity index (χ4n) is 1.93. The lowest BCUT2D eigenvalue weighted by molar-refractivity contribution is -0.115. The summed E-state index contributed by atoms with van der Waals surface area (Å²) in [6, 6.07) is 5.16. The minimum absolute atomic E-state index is 0.0873. The number of pyridine rings is 1. The number of nitrogens with zero attached hydrogens (tertiary/aromatic N) is 4. The van der Waals surface area contributed by atoms with Crippen LogP contribution in [0.5, 0.6) is 0 Å². The van der Waals surface area contributed by atoms with Gasteiger partial charge in [0.15, 0.2) is 11.6 Å². The maximum atomic E-state index is 12.0. The molecule has 0 aliphatic heterocycles. The molecule has 25 heavy (non-hydrogen) atoms. The van der Waals surface area contributed by atoms with Gasteiger partial charge >= 0.3 is 11.8 Å². The van der Waals surface area contributed by atoms with Gasteiger partial charge < -0.3 is 19.7 Å². The second-order valence-electron chi connectivity index (χ2n) is 5.11. The van der Waals surface area contributed by atoms with Crippen LogP contribution < -0.4 is 10.6 Å². The fraction of sp³-hybridized carbons (Fsp3) is 0.200. The van der Waals surface area contributed by atoms with Crippen LogP contribution in [0.25, 0.3) is 0 Å². The molecule has 128 valence electrons. The van der Waals surface area contributed by atoms with E-state index in [4.69, 9.17) is 9.05 Å². The monoisotopic (exact) mass is 342 g/mol. The summed E-state index contributed by atoms with van der Waals surface area (Å²) in [6.45, 7) is 1.98. The molecule has 0 atom stereocenters. The molecule has 3 heterocycles. The minimum Gasteiger partial charge on any atom is -0.360 e. The third kappa shape index (κ3) is 4.47. The largest absolute Gasteiger partial charge is 0.360 e. The van der Waals surface area contributed by atoms with E-state index in [1.807, 2.05) is 6.07 Å². The molecular weight excluding hydrogens is 328 g/mol. The molecule has 3 aromatic heterocycles. The number of hydrogen-bond acceptors (Lipinski definition) is 8. The fourth-order valence-corrected chi connectivity index (χ4v) is 1.93. The third-order valence-electron chi connectivity index (χ3n) is 3.05. The SMILES string of the molecule is Cc1cc(NC(=O)Cc2noc(C(=O)NCc3cccnc3)n2)no1. The first-order chi connectivity index (χ1) is 12.1. The lowest BCUT2D eigenvalue weighted by Crippen LogP contribution is -2.23. The van der Waals surface area contributed by atoms with E-state index in [1.165, 1.54) is 0 Å². The number of nitrogens with one attached hydrogen (secondary N) is 2. The van der Waals surface area contributed by atoms with Gasteiger partial charge in [0.2, 0.25) is 5.91 Å². The van der Waals surface area contributed by atoms with E-state index in [1.54, 1.807) is 31.5 Å². The van der Waals surface area contributed by atoms with Crippen LogP contribution in [0, 0.1) is 6.92 Å². The van der Waals surface area contributed by atoms with Gasteiger partial charge in [-0.3, -0.25) is 14.6 Å². The van der Waals surface area contributed by atoms with Crippen LogP contribution in [-0.4, -0.2) is 32.1 Å². The Hall–Kier alpha value is -3.56. The van der Waals surface area contributed by atoms with Crippen molar-refractivity contribution in [2.75, 3.05) is 5.32 Å². The molecule has 0 saturated carbocycles. The average molecular weight is 342 g/mol. The second-order valence-corrected chi connectivity index (χ2v) is 5.11. The van der Waals surface area contributed by atoms with Crippen LogP contribution in [0.3, 0.4) is 0 Å². The summed E-state index contributed by atoms with van der Waals surface area (Å²) in [7, 11) is 0. The molecule has 2 amide bonds. The van der Waals surface area contributed by atoms with Gasteiger partial charge in [0, 0.05) is 25.0 Å². The number of amides is 2. The lowest BCUT2D eigenvalue weighted by Gasteiger charge is -2.00. The molecule has 0 saturated heterocycles. The Bertz CT molecular complexity index is 873. The van der Waals surface area contributed by atoms with E-state index in [0.717, 1.165) is 5.56 Å². The summed E-state index contributed by atoms with van der Waals surface area (Å²) >= 11 is 0. The van der Waals surface area contributed by atoms with Crippen molar-refractivity contribution in [3.63, 3.8) is 0 Å². The van der Waals surface area contributed by atoms with Gasteiger partial charge in [0.05, 0.1) is 6.42 Å². The predicted octanol–water partition coefficient (Wildman–Crippen LogP) is 0.872. The number of carbonyl (C=O) groups is 2. The standard InChI is InChI=1S/C15H14N6O4/c1-9-5-11(20-24-9)18-13(22)6-12-19-15(25-21-12)14(23)17-8-10-3-2-4-16-7-10/h2-5,7H,6,8H2,1H3,(H,17,23)(H,18,20,22). The van der Waals surface area contributed by atoms with Gasteiger partial charge in [-0.05, 0) is 18.6 Å². The van der Waals surface area contributed by atoms with Crippen molar-refractivity contribution in [1.82, 2.24) is 25.6 Å². The maximum absolute atomic E-state index is 12.0. The van der Waals surface area contributed by atoms with Gasteiger partial charge in [-0.25, -0.2) is 0 Å². The highest BCUT2D eigenvalue weighted by molar-refractivity contribution is 5.91. The van der Waals surface area contributed by atoms with Crippen LogP contribution in [0.2, 0.25) is 0 Å². The highest BCUT2D eigenvalue weighted by atomic mass is 16.5. The summed E-state index contributed by atoms with van der Waals surface area (Å²) in [5.41, 5.74) is 0.831. The van der Waals surface area contributed by atoms with Crippen LogP contribution in [0.4, 0.5) is 5.82 Å². The van der Waals surface area contributed by atoms with Crippen molar-refractivity contribution >= 4 is 17.6 Å². The molecule has 10 nitrogen and oxygen atoms in total. The van der Waals surface area contributed by atoms with Crippen molar-refractivity contribution in [2.45, 2.75) is 19.9 Å². The summed E-state index contributed by atoms with van der Waals surface area (Å²) in [4.78, 5) is 31.7. The molecule has 0 unspecified atom stereocenters. The van der Waals surface area contributed by atoms with Gasteiger partial charge in [-0.2, -0.15) is 4.98 Å². The Kier molecular flexibility index (Phi) is 4.79. The molecule has 0 aromatic carbocycles. The van der Waals surface area contributed by atoms with Crippen molar-refractivity contribution in [1.29, 1.82) is 0 Å². The smallest absolute Gasteiger partial charge is 0.315 e. The van der Waals surface area contributed by atoms with Crippen LogP contribution >= 0.6 is 0 Å². The molecule has 3 aromatic rings. The van der Waals surface area contributed by atoms with E-state index >= 15 is 0 Å². The number of anilines is 1. The normalized spacial score (nSPS) is 10.4. The third-order valence-corrected chi connectivity index (χ3v) is 3.05. The molecule has 0 spiro atoms. The highest BCUT2D eigenvalue weighted by Gasteiger charge is 2.17. The molecule has 3 rings (SSSR count). The lowest BCUT2D eigenvalue weighted by atomic mass is 10.3. The molecule has 0 aliphatic carbocycles. The van der Waals surface area contributed by atoms with Gasteiger partial charge in [-0.1, -0.05) is 16.4 Å².